The van der Waals surface area contributed by atoms with Gasteiger partial charge in [-0.25, -0.2) is 0 Å². The Balaban J connectivity index is 1.53. The predicted octanol–water partition coefficient (Wildman–Crippen LogP) is 4.42. The summed E-state index contributed by atoms with van der Waals surface area (Å²) in [7, 11) is 0. The molecule has 0 saturated carbocycles. The number of amides is 1. The van der Waals surface area contributed by atoms with Gasteiger partial charge >= 0.3 is 6.18 Å². The molecule has 3 rings (SSSR count). The van der Waals surface area contributed by atoms with Gasteiger partial charge in [-0.3, -0.25) is 10.2 Å². The first-order chi connectivity index (χ1) is 15.2. The van der Waals surface area contributed by atoms with Gasteiger partial charge in [-0.1, -0.05) is 12.1 Å². The number of anilines is 1. The molecule has 1 heterocycles. The zero-order chi connectivity index (χ0) is 23.1. The molecule has 0 atom stereocenters. The van der Waals surface area contributed by atoms with Crippen molar-refractivity contribution >= 4 is 34.6 Å². The van der Waals surface area contributed by atoms with Gasteiger partial charge in [0.05, 0.1) is 17.0 Å². The first-order valence-electron chi connectivity index (χ1n) is 10.0. The average molecular weight is 465 g/mol. The molecule has 2 N–H and O–H groups in total. The van der Waals surface area contributed by atoms with Crippen molar-refractivity contribution in [2.75, 3.05) is 25.0 Å². The number of hydrazone groups is 1. The van der Waals surface area contributed by atoms with Crippen molar-refractivity contribution in [3.8, 4) is 5.75 Å². The van der Waals surface area contributed by atoms with E-state index in [-0.39, 0.29) is 23.3 Å². The second-order valence-corrected chi connectivity index (χ2v) is 7.62. The number of para-hydroxylation sites is 1. The summed E-state index contributed by atoms with van der Waals surface area (Å²) in [5, 5.41) is 6.57. The number of rotatable bonds is 6. The van der Waals surface area contributed by atoms with E-state index in [1.54, 1.807) is 36.1 Å². The molecule has 32 heavy (non-hydrogen) atoms. The van der Waals surface area contributed by atoms with Crippen molar-refractivity contribution in [2.45, 2.75) is 25.9 Å². The number of carbonyl (C=O) groups excluding carboxylic acids is 1. The molecule has 170 valence electrons. The number of likely N-dealkylation sites (tertiary alicyclic amines) is 1. The smallest absolute Gasteiger partial charge is 0.418 e. The number of nitrogens with zero attached hydrogens (tertiary/aromatic N) is 2. The molecule has 1 amide bonds. The van der Waals surface area contributed by atoms with Crippen LogP contribution in [0.25, 0.3) is 0 Å². The van der Waals surface area contributed by atoms with Crippen LogP contribution in [0.2, 0.25) is 0 Å². The van der Waals surface area contributed by atoms with E-state index in [1.165, 1.54) is 18.2 Å². The monoisotopic (exact) mass is 464 g/mol. The number of nitrogens with one attached hydrogen (secondary N) is 2. The van der Waals surface area contributed by atoms with Crippen molar-refractivity contribution in [2.24, 2.45) is 5.10 Å². The number of alkyl halides is 3. The van der Waals surface area contributed by atoms with Gasteiger partial charge in [0, 0.05) is 13.1 Å². The van der Waals surface area contributed by atoms with Crippen molar-refractivity contribution in [1.29, 1.82) is 0 Å². The standard InChI is InChI=1S/C22H23F3N4O2S/c1-15(27-28-21(32)26-19-7-3-2-6-18(19)22(23,24)25)16-8-10-17(11-9-16)31-14-20(30)29-12-4-5-13-29/h2-3,6-11H,4-5,12-14H2,1H3,(H2,26,28,32)/b27-15+. The summed E-state index contributed by atoms with van der Waals surface area (Å²) in [6.45, 7) is 3.28. The number of benzene rings is 2. The van der Waals surface area contributed by atoms with E-state index < -0.39 is 11.7 Å². The Labute approximate surface area is 189 Å². The second kappa shape index (κ2) is 10.4. The van der Waals surface area contributed by atoms with Gasteiger partial charge in [-0.05, 0) is 73.9 Å². The first kappa shape index (κ1) is 23.5. The summed E-state index contributed by atoms with van der Waals surface area (Å²) in [6, 6.07) is 12.0. The Bertz CT molecular complexity index is 987. The van der Waals surface area contributed by atoms with Crippen molar-refractivity contribution in [1.82, 2.24) is 10.3 Å². The fourth-order valence-corrected chi connectivity index (χ4v) is 3.34. The van der Waals surface area contributed by atoms with Crippen LogP contribution < -0.4 is 15.5 Å². The maximum absolute atomic E-state index is 13.1. The van der Waals surface area contributed by atoms with E-state index in [0.29, 0.717) is 11.5 Å². The van der Waals surface area contributed by atoms with Crippen molar-refractivity contribution in [3.05, 3.63) is 59.7 Å². The van der Waals surface area contributed by atoms with Crippen LogP contribution in [-0.4, -0.2) is 41.3 Å². The molecule has 0 unspecified atom stereocenters. The molecule has 1 aliphatic heterocycles. The van der Waals surface area contributed by atoms with E-state index in [4.69, 9.17) is 17.0 Å². The molecule has 0 spiro atoms. The number of hydrogen-bond donors (Lipinski definition) is 2. The summed E-state index contributed by atoms with van der Waals surface area (Å²) in [5.74, 6) is 0.532. The van der Waals surface area contributed by atoms with Gasteiger partial charge in [-0.2, -0.15) is 18.3 Å². The van der Waals surface area contributed by atoms with Gasteiger partial charge in [0.25, 0.3) is 5.91 Å². The fourth-order valence-electron chi connectivity index (χ4n) is 3.18. The number of carbonyl (C=O) groups is 1. The number of hydrogen-bond acceptors (Lipinski definition) is 4. The Kier molecular flexibility index (Phi) is 7.68. The van der Waals surface area contributed by atoms with E-state index in [2.05, 4.69) is 15.8 Å². The summed E-state index contributed by atoms with van der Waals surface area (Å²) in [5.41, 5.74) is 2.91. The molecular weight excluding hydrogens is 441 g/mol. The van der Waals surface area contributed by atoms with Crippen molar-refractivity contribution < 1.29 is 22.7 Å². The van der Waals surface area contributed by atoms with E-state index in [1.807, 2.05) is 0 Å². The zero-order valence-corrected chi connectivity index (χ0v) is 18.2. The van der Waals surface area contributed by atoms with Gasteiger partial charge in [0.1, 0.15) is 5.75 Å². The van der Waals surface area contributed by atoms with Crippen LogP contribution >= 0.6 is 12.2 Å². The highest BCUT2D eigenvalue weighted by Gasteiger charge is 2.33. The largest absolute Gasteiger partial charge is 0.484 e. The van der Waals surface area contributed by atoms with Crippen LogP contribution in [0, 0.1) is 0 Å². The first-order valence-corrected chi connectivity index (χ1v) is 10.4. The molecule has 1 aliphatic rings. The van der Waals surface area contributed by atoms with Crippen LogP contribution in [-0.2, 0) is 11.0 Å². The Morgan fingerprint density at radius 2 is 1.78 bits per heavy atom. The van der Waals surface area contributed by atoms with E-state index in [9.17, 15) is 18.0 Å². The summed E-state index contributed by atoms with van der Waals surface area (Å²) >= 11 is 5.06. The Hall–Kier alpha value is -3.14. The summed E-state index contributed by atoms with van der Waals surface area (Å²) in [6.07, 6.45) is -2.44. The normalized spacial score (nSPS) is 14.2. The predicted molar refractivity (Wildman–Crippen MR) is 121 cm³/mol. The van der Waals surface area contributed by atoms with Gasteiger partial charge in [-0.15, -0.1) is 0 Å². The minimum Gasteiger partial charge on any atom is -0.484 e. The molecule has 6 nitrogen and oxygen atoms in total. The third-order valence-electron chi connectivity index (χ3n) is 4.90. The zero-order valence-electron chi connectivity index (χ0n) is 17.4. The Morgan fingerprint density at radius 3 is 2.44 bits per heavy atom. The highest BCUT2D eigenvalue weighted by Crippen LogP contribution is 2.34. The maximum atomic E-state index is 13.1. The SMILES string of the molecule is C/C(=N\NC(=S)Nc1ccccc1C(F)(F)F)c1ccc(OCC(=O)N2CCCC2)cc1. The number of halogens is 3. The van der Waals surface area contributed by atoms with E-state index >= 15 is 0 Å². The third kappa shape index (κ3) is 6.43. The van der Waals surface area contributed by atoms with Gasteiger partial charge in [0.15, 0.2) is 11.7 Å². The molecular formula is C22H23F3N4O2S. The lowest BCUT2D eigenvalue weighted by Gasteiger charge is -2.15. The maximum Gasteiger partial charge on any atom is 0.418 e. The molecule has 0 aliphatic carbocycles. The van der Waals surface area contributed by atoms with Crippen LogP contribution in [0.4, 0.5) is 18.9 Å². The lowest BCUT2D eigenvalue weighted by atomic mass is 10.1. The molecule has 1 saturated heterocycles. The highest BCUT2D eigenvalue weighted by atomic mass is 32.1. The van der Waals surface area contributed by atoms with Gasteiger partial charge in [0.2, 0.25) is 0 Å². The lowest BCUT2D eigenvalue weighted by Crippen LogP contribution is -2.32. The number of ether oxygens (including phenoxy) is 1. The quantitative estimate of drug-likeness (QED) is 0.377. The molecule has 10 heteroatoms. The summed E-state index contributed by atoms with van der Waals surface area (Å²) in [4.78, 5) is 13.8. The molecule has 2 aromatic rings. The molecule has 1 fully saturated rings. The second-order valence-electron chi connectivity index (χ2n) is 7.21. The van der Waals surface area contributed by atoms with Crippen molar-refractivity contribution in [3.63, 3.8) is 0 Å². The van der Waals surface area contributed by atoms with E-state index in [0.717, 1.165) is 37.6 Å². The fraction of sp³-hybridized carbons (Fsp3) is 0.318. The lowest BCUT2D eigenvalue weighted by molar-refractivity contribution is -0.137. The topological polar surface area (TPSA) is 66.0 Å². The third-order valence-corrected chi connectivity index (χ3v) is 5.09. The molecule has 2 aromatic carbocycles. The molecule has 0 aromatic heterocycles. The van der Waals surface area contributed by atoms with Crippen LogP contribution in [0.5, 0.6) is 5.75 Å². The number of thiocarbonyl (C=S) groups is 1. The average Bonchev–Trinajstić information content (AvgIpc) is 3.31. The minimum absolute atomic E-state index is 0.00663. The molecule has 0 radical (unpaired) electrons. The Morgan fingerprint density at radius 1 is 1.12 bits per heavy atom. The molecule has 0 bridgehead atoms. The van der Waals surface area contributed by atoms with Crippen LogP contribution in [0.3, 0.4) is 0 Å². The highest BCUT2D eigenvalue weighted by molar-refractivity contribution is 7.80. The van der Waals surface area contributed by atoms with Crippen LogP contribution in [0.15, 0.2) is 53.6 Å². The van der Waals surface area contributed by atoms with Gasteiger partial charge < -0.3 is 15.0 Å². The van der Waals surface area contributed by atoms with Crippen LogP contribution in [0.1, 0.15) is 30.9 Å². The minimum atomic E-state index is -4.50. The summed E-state index contributed by atoms with van der Waals surface area (Å²) < 4.78 is 44.8.